The van der Waals surface area contributed by atoms with Gasteiger partial charge in [0.15, 0.2) is 0 Å². The van der Waals surface area contributed by atoms with Crippen LogP contribution in [0.1, 0.15) is 11.1 Å². The van der Waals surface area contributed by atoms with E-state index in [1.54, 1.807) is 13.2 Å². The zero-order valence-electron chi connectivity index (χ0n) is 11.0. The van der Waals surface area contributed by atoms with Gasteiger partial charge < -0.3 is 15.2 Å². The van der Waals surface area contributed by atoms with Gasteiger partial charge in [0.25, 0.3) is 0 Å². The molecule has 0 saturated heterocycles. The lowest BCUT2D eigenvalue weighted by Crippen LogP contribution is -2.05. The molecule has 0 saturated carbocycles. The minimum atomic E-state index is -0.292. The summed E-state index contributed by atoms with van der Waals surface area (Å²) in [7, 11) is 1.61. The van der Waals surface area contributed by atoms with Gasteiger partial charge >= 0.3 is 0 Å². The van der Waals surface area contributed by atoms with Gasteiger partial charge in [0.05, 0.1) is 11.6 Å². The molecule has 5 heteroatoms. The van der Waals surface area contributed by atoms with E-state index in [9.17, 15) is 4.39 Å². The second kappa shape index (κ2) is 6.72. The van der Waals surface area contributed by atoms with Gasteiger partial charge in [0.2, 0.25) is 0 Å². The summed E-state index contributed by atoms with van der Waals surface area (Å²) in [4.78, 5) is 0. The first-order valence-corrected chi connectivity index (χ1v) is 6.87. The molecular weight excluding hydrogens is 325 g/mol. The van der Waals surface area contributed by atoms with Gasteiger partial charge in [-0.2, -0.15) is 0 Å². The first-order chi connectivity index (χ1) is 9.63. The molecule has 0 bridgehead atoms. The van der Waals surface area contributed by atoms with Crippen molar-refractivity contribution in [2.45, 2.75) is 13.2 Å². The topological polar surface area (TPSA) is 44.5 Å². The fraction of sp³-hybridized carbons (Fsp3) is 0.200. The lowest BCUT2D eigenvalue weighted by molar-refractivity contribution is 0.302. The van der Waals surface area contributed by atoms with Crippen molar-refractivity contribution in [3.05, 3.63) is 57.8 Å². The van der Waals surface area contributed by atoms with E-state index < -0.39 is 0 Å². The molecular formula is C15H15BrFNO2. The van der Waals surface area contributed by atoms with E-state index in [0.29, 0.717) is 12.4 Å². The molecule has 0 aliphatic rings. The van der Waals surface area contributed by atoms with Crippen LogP contribution in [-0.2, 0) is 13.2 Å². The SMILES string of the molecule is COc1ccc(OCc2ccc(F)cc2CN)c(Br)c1. The van der Waals surface area contributed by atoms with Crippen molar-refractivity contribution < 1.29 is 13.9 Å². The van der Waals surface area contributed by atoms with Crippen LogP contribution in [0.3, 0.4) is 0 Å². The Bertz CT molecular complexity index is 604. The van der Waals surface area contributed by atoms with Crippen molar-refractivity contribution >= 4 is 15.9 Å². The highest BCUT2D eigenvalue weighted by Gasteiger charge is 2.07. The van der Waals surface area contributed by atoms with E-state index in [-0.39, 0.29) is 12.4 Å². The summed E-state index contributed by atoms with van der Waals surface area (Å²) in [6, 6.07) is 9.98. The Hall–Kier alpha value is -1.59. The molecule has 2 rings (SSSR count). The zero-order chi connectivity index (χ0) is 14.5. The molecule has 106 valence electrons. The molecule has 2 N–H and O–H groups in total. The summed E-state index contributed by atoms with van der Waals surface area (Å²) in [5.74, 6) is 1.14. The van der Waals surface area contributed by atoms with Gasteiger partial charge in [-0.05, 0) is 57.4 Å². The van der Waals surface area contributed by atoms with Gasteiger partial charge in [-0.1, -0.05) is 6.07 Å². The van der Waals surface area contributed by atoms with Crippen molar-refractivity contribution in [3.63, 3.8) is 0 Å². The zero-order valence-corrected chi connectivity index (χ0v) is 12.6. The normalized spacial score (nSPS) is 10.4. The molecule has 0 radical (unpaired) electrons. The summed E-state index contributed by atoms with van der Waals surface area (Å²) >= 11 is 3.42. The third-order valence-corrected chi connectivity index (χ3v) is 3.53. The summed E-state index contributed by atoms with van der Waals surface area (Å²) in [6.45, 7) is 0.609. The van der Waals surface area contributed by atoms with Gasteiger partial charge in [0.1, 0.15) is 23.9 Å². The van der Waals surface area contributed by atoms with Gasteiger partial charge in [-0.3, -0.25) is 0 Å². The molecule has 0 heterocycles. The molecule has 0 aromatic heterocycles. The van der Waals surface area contributed by atoms with Crippen molar-refractivity contribution in [2.75, 3.05) is 7.11 Å². The number of ether oxygens (including phenoxy) is 2. The van der Waals surface area contributed by atoms with Crippen LogP contribution in [0, 0.1) is 5.82 Å². The third-order valence-electron chi connectivity index (χ3n) is 2.91. The van der Waals surface area contributed by atoms with Gasteiger partial charge in [-0.15, -0.1) is 0 Å². The van der Waals surface area contributed by atoms with Crippen LogP contribution in [0.4, 0.5) is 4.39 Å². The summed E-state index contributed by atoms with van der Waals surface area (Å²) < 4.78 is 24.8. The average molecular weight is 340 g/mol. The maximum atomic E-state index is 13.1. The molecule has 0 atom stereocenters. The fourth-order valence-electron chi connectivity index (χ4n) is 1.81. The second-order valence-electron chi connectivity index (χ2n) is 4.20. The van der Waals surface area contributed by atoms with Crippen LogP contribution in [0.2, 0.25) is 0 Å². The number of nitrogens with two attached hydrogens (primary N) is 1. The number of rotatable bonds is 5. The van der Waals surface area contributed by atoms with E-state index >= 15 is 0 Å². The molecule has 2 aromatic rings. The Labute approximate surface area is 125 Å². The van der Waals surface area contributed by atoms with Crippen LogP contribution in [-0.4, -0.2) is 7.11 Å². The standard InChI is InChI=1S/C15H15BrFNO2/c1-19-13-4-5-15(14(16)7-13)20-9-10-2-3-12(17)6-11(10)8-18/h2-7H,8-9,18H2,1H3. The molecule has 2 aromatic carbocycles. The van der Waals surface area contributed by atoms with Crippen molar-refractivity contribution in [1.29, 1.82) is 0 Å². The predicted molar refractivity (Wildman–Crippen MR) is 79.3 cm³/mol. The largest absolute Gasteiger partial charge is 0.497 e. The molecule has 0 amide bonds. The smallest absolute Gasteiger partial charge is 0.134 e. The van der Waals surface area contributed by atoms with Crippen molar-refractivity contribution in [2.24, 2.45) is 5.73 Å². The molecule has 0 unspecified atom stereocenters. The molecule has 3 nitrogen and oxygen atoms in total. The molecule has 0 aliphatic carbocycles. The summed E-state index contributed by atoms with van der Waals surface area (Å²) in [6.07, 6.45) is 0. The van der Waals surface area contributed by atoms with E-state index in [4.69, 9.17) is 15.2 Å². The lowest BCUT2D eigenvalue weighted by Gasteiger charge is -2.12. The van der Waals surface area contributed by atoms with Crippen molar-refractivity contribution in [1.82, 2.24) is 0 Å². The van der Waals surface area contributed by atoms with Crippen LogP contribution >= 0.6 is 15.9 Å². The highest BCUT2D eigenvalue weighted by atomic mass is 79.9. The minimum absolute atomic E-state index is 0.278. The maximum absolute atomic E-state index is 13.1. The maximum Gasteiger partial charge on any atom is 0.134 e. The lowest BCUT2D eigenvalue weighted by atomic mass is 10.1. The Morgan fingerprint density at radius 2 is 1.95 bits per heavy atom. The fourth-order valence-corrected chi connectivity index (χ4v) is 2.28. The third kappa shape index (κ3) is 3.49. The number of hydrogen-bond acceptors (Lipinski definition) is 3. The molecule has 20 heavy (non-hydrogen) atoms. The number of benzene rings is 2. The van der Waals surface area contributed by atoms with E-state index in [2.05, 4.69) is 15.9 Å². The molecule has 0 spiro atoms. The van der Waals surface area contributed by atoms with Crippen LogP contribution in [0.15, 0.2) is 40.9 Å². The van der Waals surface area contributed by atoms with Crippen LogP contribution in [0.25, 0.3) is 0 Å². The molecule has 0 aliphatic heterocycles. The van der Waals surface area contributed by atoms with Crippen LogP contribution < -0.4 is 15.2 Å². The van der Waals surface area contributed by atoms with E-state index in [1.807, 2.05) is 18.2 Å². The highest BCUT2D eigenvalue weighted by molar-refractivity contribution is 9.10. The Morgan fingerprint density at radius 3 is 2.60 bits per heavy atom. The van der Waals surface area contributed by atoms with Gasteiger partial charge in [0, 0.05) is 6.54 Å². The van der Waals surface area contributed by atoms with Crippen molar-refractivity contribution in [3.8, 4) is 11.5 Å². The Balaban J connectivity index is 2.12. The minimum Gasteiger partial charge on any atom is -0.497 e. The number of hydrogen-bond donors (Lipinski definition) is 1. The first kappa shape index (κ1) is 14.8. The predicted octanol–water partition coefficient (Wildman–Crippen LogP) is 3.63. The monoisotopic (exact) mass is 339 g/mol. The van der Waals surface area contributed by atoms with E-state index in [0.717, 1.165) is 21.3 Å². The summed E-state index contributed by atoms with van der Waals surface area (Å²) in [5, 5.41) is 0. The second-order valence-corrected chi connectivity index (χ2v) is 5.06. The quantitative estimate of drug-likeness (QED) is 0.904. The summed E-state index contributed by atoms with van der Waals surface area (Å²) in [5.41, 5.74) is 7.23. The molecule has 0 fully saturated rings. The first-order valence-electron chi connectivity index (χ1n) is 6.07. The number of halogens is 2. The number of methoxy groups -OCH3 is 1. The van der Waals surface area contributed by atoms with E-state index in [1.165, 1.54) is 12.1 Å². The Kier molecular flexibility index (Phi) is 4.98. The Morgan fingerprint density at radius 1 is 1.15 bits per heavy atom. The highest BCUT2D eigenvalue weighted by Crippen LogP contribution is 2.30. The van der Waals surface area contributed by atoms with Crippen LogP contribution in [0.5, 0.6) is 11.5 Å². The average Bonchev–Trinajstić information content (AvgIpc) is 2.46. The van der Waals surface area contributed by atoms with Gasteiger partial charge in [-0.25, -0.2) is 4.39 Å².